The van der Waals surface area contributed by atoms with Gasteiger partial charge in [0.1, 0.15) is 12.3 Å². The summed E-state index contributed by atoms with van der Waals surface area (Å²) in [4.78, 5) is 13.0. The minimum Gasteiger partial charge on any atom is -0.495 e. The largest absolute Gasteiger partial charge is 0.495 e. The number of benzene rings is 3. The molecule has 0 aliphatic carbocycles. The quantitative estimate of drug-likeness (QED) is 0.307. The van der Waals surface area contributed by atoms with Crippen LogP contribution < -0.4 is 14.5 Å². The summed E-state index contributed by atoms with van der Waals surface area (Å²) in [6.45, 7) is 7.45. The van der Waals surface area contributed by atoms with E-state index < -0.39 is 22.5 Å². The van der Waals surface area contributed by atoms with Crippen LogP contribution in [0.15, 0.2) is 88.9 Å². The lowest BCUT2D eigenvalue weighted by Gasteiger charge is -2.26. The number of amides is 1. The van der Waals surface area contributed by atoms with E-state index in [0.29, 0.717) is 12.2 Å². The number of rotatable bonds is 10. The van der Waals surface area contributed by atoms with Crippen molar-refractivity contribution in [2.24, 2.45) is 5.10 Å². The third-order valence-electron chi connectivity index (χ3n) is 5.85. The van der Waals surface area contributed by atoms with E-state index in [9.17, 15) is 13.2 Å². The third kappa shape index (κ3) is 6.51. The predicted molar refractivity (Wildman–Crippen MR) is 144 cm³/mol. The molecule has 0 aliphatic heterocycles. The van der Waals surface area contributed by atoms with Crippen LogP contribution in [0.4, 0.5) is 5.69 Å². The molecule has 0 unspecified atom stereocenters. The molecule has 0 fully saturated rings. The Hall–Kier alpha value is -3.65. The summed E-state index contributed by atoms with van der Waals surface area (Å²) in [6.07, 6.45) is 0.620. The van der Waals surface area contributed by atoms with Crippen molar-refractivity contribution in [3.63, 3.8) is 0 Å². The maximum Gasteiger partial charge on any atom is 0.264 e. The lowest BCUT2D eigenvalue weighted by molar-refractivity contribution is -0.119. The lowest BCUT2D eigenvalue weighted by Crippen LogP contribution is -2.40. The van der Waals surface area contributed by atoms with Crippen molar-refractivity contribution in [2.75, 3.05) is 18.0 Å². The van der Waals surface area contributed by atoms with Crippen LogP contribution in [0.2, 0.25) is 0 Å². The molecule has 1 N–H and O–H groups in total. The van der Waals surface area contributed by atoms with E-state index in [-0.39, 0.29) is 16.0 Å². The fraction of sp³-hybridized carbons (Fsp3) is 0.286. The summed E-state index contributed by atoms with van der Waals surface area (Å²) < 4.78 is 33.7. The molecule has 0 heterocycles. The second-order valence-corrected chi connectivity index (χ2v) is 11.2. The van der Waals surface area contributed by atoms with Gasteiger partial charge in [-0.05, 0) is 61.1 Å². The Morgan fingerprint density at radius 3 is 2.22 bits per heavy atom. The summed E-state index contributed by atoms with van der Waals surface area (Å²) in [5, 5.41) is 4.26. The van der Waals surface area contributed by atoms with E-state index >= 15 is 0 Å². The number of methoxy groups -OCH3 is 1. The van der Waals surface area contributed by atoms with Crippen LogP contribution in [0, 0.1) is 6.92 Å². The summed E-state index contributed by atoms with van der Waals surface area (Å²) >= 11 is 0. The number of sulfonamides is 1. The SMILES string of the molecule is COc1ccc(C)cc1N(CC(=O)N/N=C(/C)CC(C)(C)c1ccccc1)S(=O)(=O)c1ccccc1. The summed E-state index contributed by atoms with van der Waals surface area (Å²) in [5.41, 5.74) is 5.35. The first-order valence-corrected chi connectivity index (χ1v) is 13.1. The van der Waals surface area contributed by atoms with Gasteiger partial charge in [0.05, 0.1) is 17.7 Å². The molecule has 3 aromatic carbocycles. The first kappa shape index (κ1) is 26.9. The highest BCUT2D eigenvalue weighted by atomic mass is 32.2. The molecule has 36 heavy (non-hydrogen) atoms. The zero-order chi connectivity index (χ0) is 26.3. The Morgan fingerprint density at radius 2 is 1.61 bits per heavy atom. The number of hydrogen-bond donors (Lipinski definition) is 1. The highest BCUT2D eigenvalue weighted by molar-refractivity contribution is 7.92. The molecule has 190 valence electrons. The number of hydrazone groups is 1. The van der Waals surface area contributed by atoms with Crippen LogP contribution in [0.1, 0.15) is 38.3 Å². The summed E-state index contributed by atoms with van der Waals surface area (Å²) in [5.74, 6) is -0.216. The second-order valence-electron chi connectivity index (χ2n) is 9.31. The van der Waals surface area contributed by atoms with E-state index in [0.717, 1.165) is 21.1 Å². The van der Waals surface area contributed by atoms with Crippen molar-refractivity contribution in [2.45, 2.75) is 44.4 Å². The molecule has 0 bridgehead atoms. The van der Waals surface area contributed by atoms with Crippen molar-refractivity contribution < 1.29 is 17.9 Å². The lowest BCUT2D eigenvalue weighted by atomic mass is 9.80. The number of ether oxygens (including phenoxy) is 1. The molecular formula is C28H33N3O4S. The van der Waals surface area contributed by atoms with E-state index in [1.165, 1.54) is 19.2 Å². The Labute approximate surface area is 213 Å². The highest BCUT2D eigenvalue weighted by Crippen LogP contribution is 2.33. The molecule has 3 rings (SSSR count). The van der Waals surface area contributed by atoms with Crippen molar-refractivity contribution in [3.8, 4) is 5.75 Å². The second kappa shape index (κ2) is 11.4. The molecule has 0 aromatic heterocycles. The average molecular weight is 508 g/mol. The first-order chi connectivity index (χ1) is 17.0. The zero-order valence-corrected chi connectivity index (χ0v) is 22.2. The van der Waals surface area contributed by atoms with Gasteiger partial charge in [-0.3, -0.25) is 9.10 Å². The molecule has 8 heteroatoms. The van der Waals surface area contributed by atoms with Gasteiger partial charge in [-0.1, -0.05) is 68.4 Å². The smallest absolute Gasteiger partial charge is 0.264 e. The molecule has 0 atom stereocenters. The Balaban J connectivity index is 1.85. The number of nitrogens with one attached hydrogen (secondary N) is 1. The Morgan fingerprint density at radius 1 is 1.00 bits per heavy atom. The van der Waals surface area contributed by atoms with Gasteiger partial charge in [-0.15, -0.1) is 0 Å². The van der Waals surface area contributed by atoms with Gasteiger partial charge >= 0.3 is 0 Å². The molecule has 1 amide bonds. The van der Waals surface area contributed by atoms with Gasteiger partial charge in [-0.2, -0.15) is 5.10 Å². The number of nitrogens with zero attached hydrogens (tertiary/aromatic N) is 2. The number of carbonyl (C=O) groups is 1. The minimum absolute atomic E-state index is 0.0747. The number of carbonyl (C=O) groups excluding carboxylic acids is 1. The van der Waals surface area contributed by atoms with Crippen molar-refractivity contribution >= 4 is 27.3 Å². The van der Waals surface area contributed by atoms with Gasteiger partial charge in [0.25, 0.3) is 15.9 Å². The highest BCUT2D eigenvalue weighted by Gasteiger charge is 2.29. The Kier molecular flexibility index (Phi) is 8.53. The van der Waals surface area contributed by atoms with E-state index in [1.807, 2.05) is 38.1 Å². The Bertz CT molecular complexity index is 1320. The van der Waals surface area contributed by atoms with Crippen LogP contribution in [-0.4, -0.2) is 33.7 Å². The van der Waals surface area contributed by atoms with Crippen LogP contribution >= 0.6 is 0 Å². The van der Waals surface area contributed by atoms with E-state index in [1.54, 1.807) is 30.3 Å². The third-order valence-corrected chi connectivity index (χ3v) is 7.62. The van der Waals surface area contributed by atoms with E-state index in [2.05, 4.69) is 36.5 Å². The molecule has 0 saturated carbocycles. The van der Waals surface area contributed by atoms with Gasteiger partial charge in [-0.25, -0.2) is 13.8 Å². The van der Waals surface area contributed by atoms with Gasteiger partial charge in [0.2, 0.25) is 0 Å². The fourth-order valence-corrected chi connectivity index (χ4v) is 5.45. The zero-order valence-electron chi connectivity index (χ0n) is 21.4. The topological polar surface area (TPSA) is 88.1 Å². The normalized spacial score (nSPS) is 12.2. The van der Waals surface area contributed by atoms with Crippen LogP contribution in [-0.2, 0) is 20.2 Å². The van der Waals surface area contributed by atoms with Crippen LogP contribution in [0.25, 0.3) is 0 Å². The number of hydrogen-bond acceptors (Lipinski definition) is 5. The maximum atomic E-state index is 13.6. The monoisotopic (exact) mass is 507 g/mol. The van der Waals surface area contributed by atoms with Crippen molar-refractivity contribution in [3.05, 3.63) is 90.0 Å². The summed E-state index contributed by atoms with van der Waals surface area (Å²) in [6, 6.07) is 23.3. The predicted octanol–water partition coefficient (Wildman–Crippen LogP) is 5.06. The molecule has 0 spiro atoms. The van der Waals surface area contributed by atoms with Crippen molar-refractivity contribution in [1.29, 1.82) is 0 Å². The van der Waals surface area contributed by atoms with Crippen LogP contribution in [0.3, 0.4) is 0 Å². The first-order valence-electron chi connectivity index (χ1n) is 11.6. The van der Waals surface area contributed by atoms with Crippen LogP contribution in [0.5, 0.6) is 5.75 Å². The van der Waals surface area contributed by atoms with Gasteiger partial charge in [0.15, 0.2) is 0 Å². The van der Waals surface area contributed by atoms with Crippen molar-refractivity contribution in [1.82, 2.24) is 5.43 Å². The molecular weight excluding hydrogens is 474 g/mol. The minimum atomic E-state index is -4.06. The molecule has 0 aliphatic rings. The summed E-state index contributed by atoms with van der Waals surface area (Å²) in [7, 11) is -2.60. The average Bonchev–Trinajstić information content (AvgIpc) is 2.86. The number of anilines is 1. The van der Waals surface area contributed by atoms with E-state index in [4.69, 9.17) is 4.74 Å². The molecule has 0 radical (unpaired) electrons. The number of aryl methyl sites for hydroxylation is 1. The van der Waals surface area contributed by atoms with Gasteiger partial charge < -0.3 is 4.74 Å². The molecule has 3 aromatic rings. The van der Waals surface area contributed by atoms with Gasteiger partial charge in [0, 0.05) is 5.71 Å². The molecule has 7 nitrogen and oxygen atoms in total. The standard InChI is InChI=1S/C28H33N3O4S/c1-21-16-17-26(35-5)25(18-21)31(36(33,34)24-14-10-7-11-15-24)20-27(32)30-29-22(2)19-28(3,4)23-12-8-6-9-13-23/h6-18H,19-20H2,1-5H3,(H,30,32)/b29-22-. The fourth-order valence-electron chi connectivity index (χ4n) is 4.01. The maximum absolute atomic E-state index is 13.6. The molecule has 0 saturated heterocycles.